The van der Waals surface area contributed by atoms with E-state index in [9.17, 15) is 19.7 Å². The Hall–Kier alpha value is -2.09. The molecule has 0 fully saturated rings. The van der Waals surface area contributed by atoms with Gasteiger partial charge in [-0.2, -0.15) is 0 Å². The predicted molar refractivity (Wildman–Crippen MR) is 52.3 cm³/mol. The van der Waals surface area contributed by atoms with E-state index in [4.69, 9.17) is 0 Å². The molecule has 0 aliphatic heterocycles. The van der Waals surface area contributed by atoms with E-state index in [-0.39, 0.29) is 20.8 Å². The zero-order valence-corrected chi connectivity index (χ0v) is 7.91. The normalized spacial score (nSPS) is 10.4. The molecule has 0 aliphatic carbocycles. The molecule has 0 unspecified atom stereocenters. The van der Waals surface area contributed by atoms with E-state index >= 15 is 0 Å². The molecule has 2 heterocycles. The second-order valence-electron chi connectivity index (χ2n) is 2.60. The summed E-state index contributed by atoms with van der Waals surface area (Å²) < 4.78 is 0. The Labute approximate surface area is 85.5 Å². The van der Waals surface area contributed by atoms with Gasteiger partial charge >= 0.3 is 5.00 Å². The molecule has 0 saturated carbocycles. The van der Waals surface area contributed by atoms with Crippen LogP contribution in [0.4, 0.5) is 5.00 Å². The third-order valence-corrected chi connectivity index (χ3v) is 2.84. The van der Waals surface area contributed by atoms with Gasteiger partial charge in [0.05, 0.1) is 21.5 Å². The second-order valence-corrected chi connectivity index (χ2v) is 3.63. The summed E-state index contributed by atoms with van der Waals surface area (Å²) in [5, 5.41) is 10.3. The number of thiophene rings is 1. The van der Waals surface area contributed by atoms with Gasteiger partial charge in [-0.1, -0.05) is 11.3 Å². The number of nitro groups is 1. The topological polar surface area (TPSA) is 106 Å². The van der Waals surface area contributed by atoms with Gasteiger partial charge in [-0.25, -0.2) is 4.98 Å². The molecule has 76 valence electrons. The molecule has 0 aliphatic rings. The van der Waals surface area contributed by atoms with Crippen molar-refractivity contribution in [3.8, 4) is 0 Å². The Morgan fingerprint density at radius 3 is 2.93 bits per heavy atom. The van der Waals surface area contributed by atoms with Gasteiger partial charge in [0.25, 0.3) is 5.56 Å². The minimum absolute atomic E-state index is 0.0195. The van der Waals surface area contributed by atoms with Crippen molar-refractivity contribution in [1.82, 2.24) is 9.97 Å². The van der Waals surface area contributed by atoms with E-state index in [1.165, 1.54) is 0 Å². The highest BCUT2D eigenvalue weighted by atomic mass is 32.1. The summed E-state index contributed by atoms with van der Waals surface area (Å²) in [6, 6.07) is 0. The standard InChI is InChI=1S/C7H3N3O4S/c11-1-3-4-5(7(15-3)10(13)14)8-2-9-6(4)12/h1-2H,(H,8,9,12). The number of rotatable bonds is 2. The molecule has 2 aromatic rings. The van der Waals surface area contributed by atoms with Crippen LogP contribution < -0.4 is 5.56 Å². The lowest BCUT2D eigenvalue weighted by molar-refractivity contribution is -0.378. The molecule has 7 nitrogen and oxygen atoms in total. The van der Waals surface area contributed by atoms with Crippen LogP contribution in [-0.4, -0.2) is 21.2 Å². The highest BCUT2D eigenvalue weighted by Gasteiger charge is 2.22. The number of fused-ring (bicyclic) bond motifs is 1. The molecule has 0 bridgehead atoms. The van der Waals surface area contributed by atoms with E-state index in [1.54, 1.807) is 0 Å². The van der Waals surface area contributed by atoms with Crippen LogP contribution in [0.25, 0.3) is 10.9 Å². The van der Waals surface area contributed by atoms with E-state index in [1.807, 2.05) is 0 Å². The van der Waals surface area contributed by atoms with Crippen LogP contribution in [0.3, 0.4) is 0 Å². The fourth-order valence-electron chi connectivity index (χ4n) is 1.20. The number of aromatic nitrogens is 2. The molecule has 0 atom stereocenters. The van der Waals surface area contributed by atoms with Crippen LogP contribution in [-0.2, 0) is 0 Å². The van der Waals surface area contributed by atoms with Crippen molar-refractivity contribution < 1.29 is 9.72 Å². The summed E-state index contributed by atoms with van der Waals surface area (Å²) in [5.41, 5.74) is -0.595. The molecule has 0 aromatic carbocycles. The molecule has 2 aromatic heterocycles. The Morgan fingerprint density at radius 1 is 1.60 bits per heavy atom. The molecule has 1 N–H and O–H groups in total. The lowest BCUT2D eigenvalue weighted by Gasteiger charge is -1.87. The molecular formula is C7H3N3O4S. The van der Waals surface area contributed by atoms with Gasteiger partial charge < -0.3 is 4.98 Å². The number of H-pyrrole nitrogens is 1. The summed E-state index contributed by atoms with van der Waals surface area (Å²) >= 11 is 0.645. The van der Waals surface area contributed by atoms with E-state index in [0.29, 0.717) is 17.6 Å². The number of nitrogens with zero attached hydrogens (tertiary/aromatic N) is 2. The third-order valence-electron chi connectivity index (χ3n) is 1.78. The van der Waals surface area contributed by atoms with Crippen molar-refractivity contribution in [2.24, 2.45) is 0 Å². The smallest absolute Gasteiger partial charge is 0.313 e. The molecule has 8 heteroatoms. The number of aromatic amines is 1. The Bertz CT molecular complexity index is 614. The van der Waals surface area contributed by atoms with Crippen LogP contribution in [0, 0.1) is 10.1 Å². The average Bonchev–Trinajstić information content (AvgIpc) is 2.58. The lowest BCUT2D eigenvalue weighted by Crippen LogP contribution is -2.06. The Kier molecular flexibility index (Phi) is 2.05. The lowest BCUT2D eigenvalue weighted by atomic mass is 10.3. The SMILES string of the molecule is O=Cc1sc([N+](=O)[O-])c2nc[nH]c(=O)c12. The average molecular weight is 225 g/mol. The predicted octanol–water partition coefficient (Wildman–Crippen LogP) is 0.705. The number of aldehydes is 1. The zero-order valence-electron chi connectivity index (χ0n) is 7.09. The maximum Gasteiger partial charge on any atom is 0.351 e. The van der Waals surface area contributed by atoms with Crippen LogP contribution >= 0.6 is 11.3 Å². The van der Waals surface area contributed by atoms with E-state index < -0.39 is 10.5 Å². The summed E-state index contributed by atoms with van der Waals surface area (Å²) in [5.74, 6) is 0. The van der Waals surface area contributed by atoms with Crippen molar-refractivity contribution in [2.75, 3.05) is 0 Å². The fourth-order valence-corrected chi connectivity index (χ4v) is 2.07. The van der Waals surface area contributed by atoms with Crippen molar-refractivity contribution in [3.63, 3.8) is 0 Å². The number of hydrogen-bond acceptors (Lipinski definition) is 6. The van der Waals surface area contributed by atoms with Crippen molar-refractivity contribution in [3.05, 3.63) is 31.7 Å². The molecule has 0 spiro atoms. The van der Waals surface area contributed by atoms with Gasteiger partial charge in [-0.3, -0.25) is 19.7 Å². The molecule has 0 radical (unpaired) electrons. The minimum Gasteiger partial charge on any atom is -0.313 e. The number of nitrogens with one attached hydrogen (secondary N) is 1. The van der Waals surface area contributed by atoms with Crippen molar-refractivity contribution in [2.45, 2.75) is 0 Å². The molecule has 0 saturated heterocycles. The van der Waals surface area contributed by atoms with Crippen LogP contribution in [0.2, 0.25) is 0 Å². The van der Waals surface area contributed by atoms with Crippen LogP contribution in [0.15, 0.2) is 11.1 Å². The summed E-state index contributed by atoms with van der Waals surface area (Å²) in [6.45, 7) is 0. The van der Waals surface area contributed by atoms with Gasteiger partial charge in [0, 0.05) is 0 Å². The zero-order chi connectivity index (χ0) is 11.0. The summed E-state index contributed by atoms with van der Waals surface area (Å²) in [6.07, 6.45) is 1.48. The first-order chi connectivity index (χ1) is 7.15. The quantitative estimate of drug-likeness (QED) is 0.460. The van der Waals surface area contributed by atoms with Crippen LogP contribution in [0.5, 0.6) is 0 Å². The summed E-state index contributed by atoms with van der Waals surface area (Å²) in [4.78, 5) is 37.8. The summed E-state index contributed by atoms with van der Waals surface area (Å²) in [7, 11) is 0. The van der Waals surface area contributed by atoms with Crippen molar-refractivity contribution in [1.29, 1.82) is 0 Å². The monoisotopic (exact) mass is 225 g/mol. The fraction of sp³-hybridized carbons (Fsp3) is 0. The number of carbonyl (C=O) groups is 1. The maximum absolute atomic E-state index is 11.3. The first-order valence-electron chi connectivity index (χ1n) is 3.75. The van der Waals surface area contributed by atoms with Crippen LogP contribution in [0.1, 0.15) is 9.67 Å². The first kappa shape index (κ1) is 9.46. The van der Waals surface area contributed by atoms with Gasteiger partial charge in [-0.15, -0.1) is 0 Å². The minimum atomic E-state index is -0.660. The van der Waals surface area contributed by atoms with Gasteiger partial charge in [0.1, 0.15) is 0 Å². The first-order valence-corrected chi connectivity index (χ1v) is 4.56. The van der Waals surface area contributed by atoms with Gasteiger partial charge in [-0.05, 0) is 0 Å². The molecule has 0 amide bonds. The maximum atomic E-state index is 11.3. The van der Waals surface area contributed by atoms with Crippen molar-refractivity contribution >= 4 is 33.5 Å². The Morgan fingerprint density at radius 2 is 2.33 bits per heavy atom. The second kappa shape index (κ2) is 3.24. The Balaban J connectivity index is 2.99. The number of carbonyl (C=O) groups excluding carboxylic acids is 1. The van der Waals surface area contributed by atoms with E-state index in [2.05, 4.69) is 9.97 Å². The molecule has 2 rings (SSSR count). The van der Waals surface area contributed by atoms with E-state index in [0.717, 1.165) is 6.33 Å². The third kappa shape index (κ3) is 1.31. The van der Waals surface area contributed by atoms with Gasteiger partial charge in [0.15, 0.2) is 11.8 Å². The molecular weight excluding hydrogens is 222 g/mol. The molecule has 15 heavy (non-hydrogen) atoms. The largest absolute Gasteiger partial charge is 0.351 e. The highest BCUT2D eigenvalue weighted by molar-refractivity contribution is 7.18. The highest BCUT2D eigenvalue weighted by Crippen LogP contribution is 2.32. The van der Waals surface area contributed by atoms with Gasteiger partial charge in [0.2, 0.25) is 0 Å². The number of hydrogen-bond donors (Lipinski definition) is 1.